The first-order valence-electron chi connectivity index (χ1n) is 13.3. The van der Waals surface area contributed by atoms with Gasteiger partial charge >= 0.3 is 0 Å². The smallest absolute Gasteiger partial charge is 0.260 e. The molecule has 10 heteroatoms. The van der Waals surface area contributed by atoms with Gasteiger partial charge in [-0.2, -0.15) is 4.31 Å². The lowest BCUT2D eigenvalue weighted by molar-refractivity contribution is 0.0983. The number of benzene rings is 2. The van der Waals surface area contributed by atoms with Gasteiger partial charge in [-0.05, 0) is 81.2 Å². The first-order valence-corrected chi connectivity index (χ1v) is 15.6. The molecule has 1 aliphatic heterocycles. The van der Waals surface area contributed by atoms with Crippen molar-refractivity contribution in [1.29, 1.82) is 0 Å². The normalized spacial score (nSPS) is 16.5. The van der Waals surface area contributed by atoms with E-state index in [2.05, 4.69) is 24.8 Å². The van der Waals surface area contributed by atoms with E-state index in [1.165, 1.54) is 11.3 Å². The van der Waals surface area contributed by atoms with Crippen molar-refractivity contribution >= 4 is 55.0 Å². The van der Waals surface area contributed by atoms with E-state index in [9.17, 15) is 13.2 Å². The number of aromatic nitrogens is 1. The van der Waals surface area contributed by atoms with Gasteiger partial charge in [-0.1, -0.05) is 44.6 Å². The minimum absolute atomic E-state index is 0. The number of likely N-dealkylation sites (N-methyl/N-ethyl adjacent to an activating group) is 1. The van der Waals surface area contributed by atoms with E-state index in [1.807, 2.05) is 26.0 Å². The van der Waals surface area contributed by atoms with E-state index >= 15 is 0 Å². The maximum Gasteiger partial charge on any atom is 0.260 e. The molecular weight excluding hydrogens is 540 g/mol. The zero-order chi connectivity index (χ0) is 26.6. The zero-order valence-corrected chi connectivity index (χ0v) is 25.2. The Labute approximate surface area is 237 Å². The van der Waals surface area contributed by atoms with Crippen molar-refractivity contribution in [3.8, 4) is 0 Å². The van der Waals surface area contributed by atoms with Crippen LogP contribution >= 0.6 is 23.7 Å². The molecule has 0 spiro atoms. The summed E-state index contributed by atoms with van der Waals surface area (Å²) >= 11 is 1.51. The number of carbonyl (C=O) groups is 1. The fourth-order valence-electron chi connectivity index (χ4n) is 4.96. The molecule has 4 rings (SSSR count). The van der Waals surface area contributed by atoms with E-state index in [0.29, 0.717) is 23.8 Å². The summed E-state index contributed by atoms with van der Waals surface area (Å²) in [5.41, 5.74) is 2.49. The Hall–Kier alpha value is -2.04. The molecule has 7 nitrogen and oxygen atoms in total. The van der Waals surface area contributed by atoms with Gasteiger partial charge < -0.3 is 4.90 Å². The van der Waals surface area contributed by atoms with Crippen LogP contribution in [0.2, 0.25) is 0 Å². The molecule has 1 aliphatic rings. The standard InChI is InChI=1S/C28H38N4O3S2.ClH/c1-5-23-10-8-9-17-32(23)37(34,35)24-14-12-22(13-15-24)27(33)31(19-18-30(6-2)7-3)28-29-25-16-11-21(4)20-26(25)36-28;/h11-16,20,23H,5-10,17-19H2,1-4H3;1H. The lowest BCUT2D eigenvalue weighted by Crippen LogP contribution is -2.43. The summed E-state index contributed by atoms with van der Waals surface area (Å²) in [7, 11) is -3.60. The molecule has 208 valence electrons. The van der Waals surface area contributed by atoms with Crippen LogP contribution in [0.5, 0.6) is 0 Å². The van der Waals surface area contributed by atoms with Crippen LogP contribution in [0.1, 0.15) is 62.4 Å². The SMILES string of the molecule is CCC1CCCCN1S(=O)(=O)c1ccc(C(=O)N(CCN(CC)CC)c2nc3ccc(C)cc3s2)cc1.Cl. The highest BCUT2D eigenvalue weighted by Gasteiger charge is 2.32. The number of anilines is 1. The van der Waals surface area contributed by atoms with Gasteiger partial charge in [-0.15, -0.1) is 12.4 Å². The first kappa shape index (κ1) is 30.5. The number of piperidine rings is 1. The Balaban J connectivity index is 0.00000400. The van der Waals surface area contributed by atoms with E-state index in [4.69, 9.17) is 4.98 Å². The van der Waals surface area contributed by atoms with Crippen molar-refractivity contribution in [3.63, 3.8) is 0 Å². The van der Waals surface area contributed by atoms with Gasteiger partial charge in [-0.25, -0.2) is 13.4 Å². The van der Waals surface area contributed by atoms with Crippen molar-refractivity contribution in [2.24, 2.45) is 0 Å². The van der Waals surface area contributed by atoms with E-state index in [1.54, 1.807) is 33.5 Å². The Morgan fingerprint density at radius 3 is 2.42 bits per heavy atom. The number of nitrogens with zero attached hydrogens (tertiary/aromatic N) is 4. The predicted molar refractivity (Wildman–Crippen MR) is 159 cm³/mol. The molecule has 0 N–H and O–H groups in total. The number of hydrogen-bond acceptors (Lipinski definition) is 6. The predicted octanol–water partition coefficient (Wildman–Crippen LogP) is 5.97. The van der Waals surface area contributed by atoms with Crippen LogP contribution < -0.4 is 4.90 Å². The average Bonchev–Trinajstić information content (AvgIpc) is 3.33. The van der Waals surface area contributed by atoms with Crippen molar-refractivity contribution in [2.45, 2.75) is 64.3 Å². The molecule has 1 unspecified atom stereocenters. The fourth-order valence-corrected chi connectivity index (χ4v) is 7.81. The number of thiazole rings is 1. The summed E-state index contributed by atoms with van der Waals surface area (Å²) in [4.78, 5) is 22.8. The second kappa shape index (κ2) is 13.3. The van der Waals surface area contributed by atoms with Gasteiger partial charge in [0.1, 0.15) is 0 Å². The van der Waals surface area contributed by atoms with Crippen LogP contribution in [0.25, 0.3) is 10.2 Å². The number of carbonyl (C=O) groups excluding carboxylic acids is 1. The van der Waals surface area contributed by atoms with Crippen LogP contribution in [0.3, 0.4) is 0 Å². The molecule has 1 atom stereocenters. The Morgan fingerprint density at radius 2 is 1.76 bits per heavy atom. The quantitative estimate of drug-likeness (QED) is 0.296. The molecule has 1 aromatic heterocycles. The van der Waals surface area contributed by atoms with Gasteiger partial charge in [0, 0.05) is 31.2 Å². The summed E-state index contributed by atoms with van der Waals surface area (Å²) in [6, 6.07) is 12.6. The summed E-state index contributed by atoms with van der Waals surface area (Å²) in [5.74, 6) is -0.170. The molecule has 1 saturated heterocycles. The topological polar surface area (TPSA) is 73.8 Å². The van der Waals surface area contributed by atoms with Crippen LogP contribution in [0.15, 0.2) is 47.4 Å². The molecule has 2 heterocycles. The number of rotatable bonds is 10. The Morgan fingerprint density at radius 1 is 1.05 bits per heavy atom. The number of halogens is 1. The minimum Gasteiger partial charge on any atom is -0.302 e. The summed E-state index contributed by atoms with van der Waals surface area (Å²) in [5, 5.41) is 0.661. The highest BCUT2D eigenvalue weighted by molar-refractivity contribution is 7.89. The summed E-state index contributed by atoms with van der Waals surface area (Å²) in [6.07, 6.45) is 3.65. The number of aryl methyl sites for hydroxylation is 1. The Kier molecular flexibility index (Phi) is 10.7. The van der Waals surface area contributed by atoms with Gasteiger partial charge in [0.15, 0.2) is 5.13 Å². The second-order valence-electron chi connectivity index (χ2n) is 9.65. The highest BCUT2D eigenvalue weighted by atomic mass is 35.5. The van der Waals surface area contributed by atoms with Gasteiger partial charge in [0.05, 0.1) is 15.1 Å². The second-order valence-corrected chi connectivity index (χ2v) is 12.5. The molecule has 0 aliphatic carbocycles. The maximum atomic E-state index is 13.8. The van der Waals surface area contributed by atoms with Crippen LogP contribution in [-0.4, -0.2) is 67.3 Å². The van der Waals surface area contributed by atoms with E-state index in [0.717, 1.165) is 61.1 Å². The number of amides is 1. The van der Waals surface area contributed by atoms with Crippen molar-refractivity contribution in [3.05, 3.63) is 53.6 Å². The molecular formula is C28H39ClN4O3S2. The summed E-state index contributed by atoms with van der Waals surface area (Å²) < 4.78 is 29.5. The third-order valence-corrected chi connectivity index (χ3v) is 10.3. The Bertz CT molecular complexity index is 1320. The highest BCUT2D eigenvalue weighted by Crippen LogP contribution is 2.31. The summed E-state index contributed by atoms with van der Waals surface area (Å²) in [6.45, 7) is 11.9. The third-order valence-electron chi connectivity index (χ3n) is 7.30. The average molecular weight is 579 g/mol. The van der Waals surface area contributed by atoms with Crippen LogP contribution in [0, 0.1) is 6.92 Å². The largest absolute Gasteiger partial charge is 0.302 e. The third kappa shape index (κ3) is 6.57. The molecule has 1 fully saturated rings. The number of fused-ring (bicyclic) bond motifs is 1. The van der Waals surface area contributed by atoms with Crippen LogP contribution in [-0.2, 0) is 10.0 Å². The lowest BCUT2D eigenvalue weighted by Gasteiger charge is -2.34. The van der Waals surface area contributed by atoms with Crippen LogP contribution in [0.4, 0.5) is 5.13 Å². The molecule has 0 radical (unpaired) electrons. The van der Waals surface area contributed by atoms with Gasteiger partial charge in [0.2, 0.25) is 10.0 Å². The number of hydrogen-bond donors (Lipinski definition) is 0. The molecule has 38 heavy (non-hydrogen) atoms. The number of sulfonamides is 1. The van der Waals surface area contributed by atoms with Gasteiger partial charge in [-0.3, -0.25) is 9.69 Å². The zero-order valence-electron chi connectivity index (χ0n) is 22.7. The maximum absolute atomic E-state index is 13.8. The molecule has 0 saturated carbocycles. The van der Waals surface area contributed by atoms with Gasteiger partial charge in [0.25, 0.3) is 5.91 Å². The monoisotopic (exact) mass is 578 g/mol. The van der Waals surface area contributed by atoms with Crippen molar-refractivity contribution in [1.82, 2.24) is 14.2 Å². The van der Waals surface area contributed by atoms with Crippen molar-refractivity contribution in [2.75, 3.05) is 37.6 Å². The molecule has 2 aromatic carbocycles. The molecule has 0 bridgehead atoms. The molecule has 3 aromatic rings. The van der Waals surface area contributed by atoms with E-state index < -0.39 is 10.0 Å². The van der Waals surface area contributed by atoms with E-state index in [-0.39, 0.29) is 29.3 Å². The van der Waals surface area contributed by atoms with Crippen molar-refractivity contribution < 1.29 is 13.2 Å². The lowest BCUT2D eigenvalue weighted by atomic mass is 10.0. The first-order chi connectivity index (χ1) is 17.8. The fraction of sp³-hybridized carbons (Fsp3) is 0.500. The molecule has 1 amide bonds. The minimum atomic E-state index is -3.60.